The minimum atomic E-state index is -0.169. The van der Waals surface area contributed by atoms with Crippen molar-refractivity contribution in [3.05, 3.63) is 0 Å². The van der Waals surface area contributed by atoms with Crippen molar-refractivity contribution < 1.29 is 9.90 Å². The normalized spacial score (nSPS) is 28.8. The molecule has 2 unspecified atom stereocenters. The van der Waals surface area contributed by atoms with Crippen LogP contribution in [0.1, 0.15) is 38.5 Å². The van der Waals surface area contributed by atoms with Crippen LogP contribution in [0, 0.1) is 24.2 Å². The van der Waals surface area contributed by atoms with Crippen LogP contribution in [0.4, 0.5) is 0 Å². The summed E-state index contributed by atoms with van der Waals surface area (Å²) < 4.78 is 0. The summed E-state index contributed by atoms with van der Waals surface area (Å²) in [5.74, 6) is 3.43. The molecule has 1 saturated carbocycles. The second-order valence-electron chi connectivity index (χ2n) is 6.19. The van der Waals surface area contributed by atoms with Gasteiger partial charge in [0.05, 0.1) is 12.6 Å². The molecule has 1 heterocycles. The third-order valence-corrected chi connectivity index (χ3v) is 4.59. The third-order valence-electron chi connectivity index (χ3n) is 4.59. The number of hydrogen-bond donors (Lipinski definition) is 2. The summed E-state index contributed by atoms with van der Waals surface area (Å²) in [4.78, 5) is 14.4. The maximum absolute atomic E-state index is 12.2. The van der Waals surface area contributed by atoms with Gasteiger partial charge in [-0.3, -0.25) is 9.69 Å². The van der Waals surface area contributed by atoms with Crippen LogP contribution in [0.2, 0.25) is 0 Å². The van der Waals surface area contributed by atoms with Crippen molar-refractivity contribution >= 4 is 5.91 Å². The Labute approximate surface area is 121 Å². The van der Waals surface area contributed by atoms with Gasteiger partial charge in [-0.25, -0.2) is 0 Å². The Morgan fingerprint density at radius 2 is 2.05 bits per heavy atom. The van der Waals surface area contributed by atoms with E-state index in [0.29, 0.717) is 12.5 Å². The lowest BCUT2D eigenvalue weighted by Crippen LogP contribution is -2.42. The van der Waals surface area contributed by atoms with Gasteiger partial charge < -0.3 is 10.4 Å². The average Bonchev–Trinajstić information content (AvgIpc) is 2.46. The first-order valence-corrected chi connectivity index (χ1v) is 7.80. The van der Waals surface area contributed by atoms with Crippen molar-refractivity contribution in [1.82, 2.24) is 10.2 Å². The summed E-state index contributed by atoms with van der Waals surface area (Å²) in [5, 5.41) is 12.7. The summed E-state index contributed by atoms with van der Waals surface area (Å²) in [6.07, 6.45) is 10.9. The Bertz CT molecular complexity index is 356. The van der Waals surface area contributed by atoms with Crippen molar-refractivity contribution in [3.8, 4) is 12.3 Å². The van der Waals surface area contributed by atoms with Crippen molar-refractivity contribution in [2.24, 2.45) is 11.8 Å². The fourth-order valence-corrected chi connectivity index (χ4v) is 3.32. The van der Waals surface area contributed by atoms with E-state index in [4.69, 9.17) is 6.42 Å². The van der Waals surface area contributed by atoms with E-state index in [2.05, 4.69) is 16.1 Å². The standard InChI is InChI=1S/C16H26N2O2/c1-2-8-18-9-6-14(7-10-18)16(20)17-12-13-4-3-5-15(19)11-13/h1,13-15,19H,3-12H2,(H,17,20). The largest absolute Gasteiger partial charge is 0.393 e. The smallest absolute Gasteiger partial charge is 0.223 e. The molecule has 0 aromatic rings. The molecule has 2 atom stereocenters. The second-order valence-corrected chi connectivity index (χ2v) is 6.19. The Hall–Kier alpha value is -1.05. The quantitative estimate of drug-likeness (QED) is 0.754. The molecule has 20 heavy (non-hydrogen) atoms. The van der Waals surface area contributed by atoms with Crippen molar-refractivity contribution in [1.29, 1.82) is 0 Å². The molecule has 1 aliphatic heterocycles. The highest BCUT2D eigenvalue weighted by molar-refractivity contribution is 5.78. The zero-order valence-electron chi connectivity index (χ0n) is 12.2. The minimum Gasteiger partial charge on any atom is -0.393 e. The van der Waals surface area contributed by atoms with Gasteiger partial charge in [0.1, 0.15) is 0 Å². The zero-order chi connectivity index (χ0) is 14.4. The Morgan fingerprint density at radius 3 is 2.70 bits per heavy atom. The molecule has 0 aromatic heterocycles. The number of nitrogens with zero attached hydrogens (tertiary/aromatic N) is 1. The maximum atomic E-state index is 12.2. The number of carbonyl (C=O) groups excluding carboxylic acids is 1. The predicted molar refractivity (Wildman–Crippen MR) is 79.0 cm³/mol. The van der Waals surface area contributed by atoms with Crippen LogP contribution < -0.4 is 5.32 Å². The van der Waals surface area contributed by atoms with E-state index in [9.17, 15) is 9.90 Å². The third kappa shape index (κ3) is 4.50. The average molecular weight is 278 g/mol. The fraction of sp³-hybridized carbons (Fsp3) is 0.812. The van der Waals surface area contributed by atoms with Gasteiger partial charge >= 0.3 is 0 Å². The van der Waals surface area contributed by atoms with Gasteiger partial charge in [0.15, 0.2) is 0 Å². The molecular weight excluding hydrogens is 252 g/mol. The number of piperidine rings is 1. The summed E-state index contributed by atoms with van der Waals surface area (Å²) >= 11 is 0. The van der Waals surface area contributed by atoms with Gasteiger partial charge in [-0.15, -0.1) is 6.42 Å². The van der Waals surface area contributed by atoms with E-state index in [-0.39, 0.29) is 17.9 Å². The van der Waals surface area contributed by atoms with Crippen LogP contribution in [0.5, 0.6) is 0 Å². The number of carbonyl (C=O) groups is 1. The van der Waals surface area contributed by atoms with Gasteiger partial charge in [-0.05, 0) is 51.1 Å². The molecule has 4 heteroatoms. The maximum Gasteiger partial charge on any atom is 0.223 e. The molecule has 0 aromatic carbocycles. The molecule has 0 radical (unpaired) electrons. The van der Waals surface area contributed by atoms with Crippen LogP contribution in [0.3, 0.4) is 0 Å². The van der Waals surface area contributed by atoms with Crippen LogP contribution in [0.15, 0.2) is 0 Å². The summed E-state index contributed by atoms with van der Waals surface area (Å²) in [7, 11) is 0. The molecule has 2 N–H and O–H groups in total. The minimum absolute atomic E-state index is 0.137. The molecule has 112 valence electrons. The first-order valence-electron chi connectivity index (χ1n) is 7.80. The monoisotopic (exact) mass is 278 g/mol. The number of amides is 1. The van der Waals surface area contributed by atoms with Crippen molar-refractivity contribution in [2.45, 2.75) is 44.6 Å². The summed E-state index contributed by atoms with van der Waals surface area (Å²) in [6.45, 7) is 3.25. The number of terminal acetylenes is 1. The number of hydrogen-bond acceptors (Lipinski definition) is 3. The Kier molecular flexibility index (Phi) is 5.87. The molecule has 0 spiro atoms. The van der Waals surface area contributed by atoms with Crippen LogP contribution in [-0.4, -0.2) is 48.2 Å². The molecule has 1 aliphatic carbocycles. The van der Waals surface area contributed by atoms with E-state index >= 15 is 0 Å². The number of likely N-dealkylation sites (tertiary alicyclic amines) is 1. The SMILES string of the molecule is C#CCN1CCC(C(=O)NCC2CCCC(O)C2)CC1. The summed E-state index contributed by atoms with van der Waals surface area (Å²) in [5.41, 5.74) is 0. The summed E-state index contributed by atoms with van der Waals surface area (Å²) in [6, 6.07) is 0. The highest BCUT2D eigenvalue weighted by Gasteiger charge is 2.26. The molecule has 2 aliphatic rings. The number of aliphatic hydroxyl groups excluding tert-OH is 1. The van der Waals surface area contributed by atoms with Gasteiger partial charge in [-0.2, -0.15) is 0 Å². The van der Waals surface area contributed by atoms with Crippen molar-refractivity contribution in [3.63, 3.8) is 0 Å². The first-order chi connectivity index (χ1) is 9.69. The molecule has 2 rings (SSSR count). The van der Waals surface area contributed by atoms with E-state index < -0.39 is 0 Å². The molecule has 2 fully saturated rings. The lowest BCUT2D eigenvalue weighted by atomic mass is 9.87. The van der Waals surface area contributed by atoms with E-state index in [1.165, 1.54) is 0 Å². The second kappa shape index (κ2) is 7.66. The molecule has 0 bridgehead atoms. The van der Waals surface area contributed by atoms with Crippen molar-refractivity contribution in [2.75, 3.05) is 26.2 Å². The highest BCUT2D eigenvalue weighted by Crippen LogP contribution is 2.24. The number of aliphatic hydroxyl groups is 1. The topological polar surface area (TPSA) is 52.6 Å². The van der Waals surface area contributed by atoms with E-state index in [1.54, 1.807) is 0 Å². The first kappa shape index (κ1) is 15.3. The van der Waals surface area contributed by atoms with Gasteiger partial charge in [-0.1, -0.05) is 12.3 Å². The Balaban J connectivity index is 1.66. The number of rotatable bonds is 4. The predicted octanol–water partition coefficient (Wildman–Crippen LogP) is 0.999. The Morgan fingerprint density at radius 1 is 1.30 bits per heavy atom. The van der Waals surface area contributed by atoms with Gasteiger partial charge in [0, 0.05) is 12.5 Å². The zero-order valence-corrected chi connectivity index (χ0v) is 12.2. The van der Waals surface area contributed by atoms with E-state index in [1.807, 2.05) is 0 Å². The lowest BCUT2D eigenvalue weighted by Gasteiger charge is -2.31. The van der Waals surface area contributed by atoms with Crippen LogP contribution in [0.25, 0.3) is 0 Å². The van der Waals surface area contributed by atoms with Gasteiger partial charge in [0.2, 0.25) is 5.91 Å². The molecule has 4 nitrogen and oxygen atoms in total. The lowest BCUT2D eigenvalue weighted by molar-refractivity contribution is -0.126. The van der Waals surface area contributed by atoms with Crippen LogP contribution >= 0.6 is 0 Å². The molecule has 1 amide bonds. The number of nitrogens with one attached hydrogen (secondary N) is 1. The highest BCUT2D eigenvalue weighted by atomic mass is 16.3. The van der Waals surface area contributed by atoms with E-state index in [0.717, 1.165) is 58.2 Å². The fourth-order valence-electron chi connectivity index (χ4n) is 3.32. The van der Waals surface area contributed by atoms with Crippen LogP contribution in [-0.2, 0) is 4.79 Å². The van der Waals surface area contributed by atoms with Gasteiger partial charge in [0.25, 0.3) is 0 Å². The molecular formula is C16H26N2O2. The molecule has 1 saturated heterocycles.